The zero-order valence-electron chi connectivity index (χ0n) is 8.68. The topological polar surface area (TPSA) is 105 Å². The molecule has 0 aromatic carbocycles. The minimum atomic E-state index is -0.0591. The van der Waals surface area contributed by atoms with Crippen LogP contribution in [0.1, 0.15) is 32.6 Å². The monoisotopic (exact) mass is 200 g/mol. The zero-order valence-corrected chi connectivity index (χ0v) is 8.68. The minimum absolute atomic E-state index is 0.0248. The second-order valence-corrected chi connectivity index (χ2v) is 3.34. The molecular formula is C9H20N4O. The maximum Gasteiger partial charge on any atom is 0.185 e. The fourth-order valence-electron chi connectivity index (χ4n) is 1.13. The highest BCUT2D eigenvalue weighted by Gasteiger charge is 2.06. The number of ketones is 1. The summed E-state index contributed by atoms with van der Waals surface area (Å²) in [7, 11) is 0. The first-order chi connectivity index (χ1) is 6.56. The molecule has 0 spiro atoms. The minimum Gasteiger partial charge on any atom is -0.370 e. The van der Waals surface area contributed by atoms with Gasteiger partial charge in [-0.2, -0.15) is 0 Å². The van der Waals surface area contributed by atoms with Gasteiger partial charge in [-0.05, 0) is 12.8 Å². The van der Waals surface area contributed by atoms with Crippen LogP contribution in [0, 0.1) is 5.41 Å². The van der Waals surface area contributed by atoms with Crippen LogP contribution >= 0.6 is 0 Å². The third kappa shape index (κ3) is 7.54. The van der Waals surface area contributed by atoms with Gasteiger partial charge in [0, 0.05) is 25.4 Å². The molecule has 1 atom stereocenters. The number of nitrogens with one attached hydrogen (secondary N) is 2. The number of Topliss-reactive ketones (excluding diaryl/α,β-unsaturated/α-hetero) is 1. The van der Waals surface area contributed by atoms with Gasteiger partial charge in [-0.3, -0.25) is 10.2 Å². The Labute approximate surface area is 84.7 Å². The maximum absolute atomic E-state index is 11.0. The molecule has 5 heteroatoms. The van der Waals surface area contributed by atoms with E-state index in [1.54, 1.807) is 0 Å². The van der Waals surface area contributed by atoms with E-state index in [2.05, 4.69) is 5.32 Å². The quantitative estimate of drug-likeness (QED) is 0.262. The predicted molar refractivity (Wildman–Crippen MR) is 57.0 cm³/mol. The van der Waals surface area contributed by atoms with Crippen LogP contribution in [0.2, 0.25) is 0 Å². The largest absolute Gasteiger partial charge is 0.370 e. The van der Waals surface area contributed by atoms with Crippen molar-refractivity contribution in [3.8, 4) is 0 Å². The Balaban J connectivity index is 3.39. The van der Waals surface area contributed by atoms with E-state index in [4.69, 9.17) is 16.9 Å². The van der Waals surface area contributed by atoms with E-state index >= 15 is 0 Å². The summed E-state index contributed by atoms with van der Waals surface area (Å²) < 4.78 is 0. The molecule has 0 saturated heterocycles. The Morgan fingerprint density at radius 1 is 1.57 bits per heavy atom. The highest BCUT2D eigenvalue weighted by atomic mass is 16.1. The molecule has 0 rings (SSSR count). The molecule has 0 aromatic heterocycles. The van der Waals surface area contributed by atoms with Gasteiger partial charge in [0.05, 0.1) is 0 Å². The molecule has 0 radical (unpaired) electrons. The van der Waals surface area contributed by atoms with Gasteiger partial charge in [0.15, 0.2) is 5.96 Å². The number of carbonyl (C=O) groups excluding carboxylic acids is 1. The van der Waals surface area contributed by atoms with Crippen molar-refractivity contribution in [3.05, 3.63) is 0 Å². The normalized spacial score (nSPS) is 12.1. The zero-order chi connectivity index (χ0) is 11.0. The molecule has 0 aromatic rings. The molecule has 0 aliphatic carbocycles. The Kier molecular flexibility index (Phi) is 6.74. The van der Waals surface area contributed by atoms with Crippen molar-refractivity contribution in [2.75, 3.05) is 6.54 Å². The standard InChI is InChI=1S/C9H20N4O/c1-2-8(14)6-7(10)4-3-5-13-9(11)12/h7H,2-6,10H2,1H3,(H4,11,12,13). The van der Waals surface area contributed by atoms with Gasteiger partial charge >= 0.3 is 0 Å². The smallest absolute Gasteiger partial charge is 0.185 e. The summed E-state index contributed by atoms with van der Waals surface area (Å²) in [5.74, 6) is 0.181. The van der Waals surface area contributed by atoms with Crippen LogP contribution in [0.4, 0.5) is 0 Å². The molecule has 0 heterocycles. The van der Waals surface area contributed by atoms with Crippen molar-refractivity contribution in [3.63, 3.8) is 0 Å². The van der Waals surface area contributed by atoms with Crippen molar-refractivity contribution in [1.82, 2.24) is 5.32 Å². The first-order valence-electron chi connectivity index (χ1n) is 4.91. The number of guanidine groups is 1. The summed E-state index contributed by atoms with van der Waals surface area (Å²) in [4.78, 5) is 11.0. The highest BCUT2D eigenvalue weighted by Crippen LogP contribution is 2.00. The van der Waals surface area contributed by atoms with E-state index in [1.165, 1.54) is 0 Å². The molecule has 5 nitrogen and oxygen atoms in total. The highest BCUT2D eigenvalue weighted by molar-refractivity contribution is 5.78. The van der Waals surface area contributed by atoms with E-state index in [0.29, 0.717) is 19.4 Å². The van der Waals surface area contributed by atoms with Gasteiger partial charge in [0.1, 0.15) is 5.78 Å². The van der Waals surface area contributed by atoms with E-state index in [9.17, 15) is 4.79 Å². The maximum atomic E-state index is 11.0. The van der Waals surface area contributed by atoms with Gasteiger partial charge in [0.2, 0.25) is 0 Å². The molecule has 0 amide bonds. The molecule has 0 aliphatic rings. The Morgan fingerprint density at radius 2 is 2.21 bits per heavy atom. The summed E-state index contributed by atoms with van der Waals surface area (Å²) in [6.07, 6.45) is 2.62. The number of rotatable bonds is 7. The van der Waals surface area contributed by atoms with Crippen molar-refractivity contribution >= 4 is 11.7 Å². The fourth-order valence-corrected chi connectivity index (χ4v) is 1.13. The first-order valence-corrected chi connectivity index (χ1v) is 4.91. The molecule has 0 saturated carbocycles. The fraction of sp³-hybridized carbons (Fsp3) is 0.778. The number of hydrogen-bond donors (Lipinski definition) is 4. The van der Waals surface area contributed by atoms with Crippen molar-refractivity contribution in [1.29, 1.82) is 5.41 Å². The van der Waals surface area contributed by atoms with Crippen LogP contribution < -0.4 is 16.8 Å². The lowest BCUT2D eigenvalue weighted by atomic mass is 10.1. The lowest BCUT2D eigenvalue weighted by Crippen LogP contribution is -2.32. The summed E-state index contributed by atoms with van der Waals surface area (Å²) in [5.41, 5.74) is 10.8. The van der Waals surface area contributed by atoms with Crippen LogP contribution in [0.3, 0.4) is 0 Å². The molecule has 0 aliphatic heterocycles. The Hall–Kier alpha value is -1.10. The third-order valence-corrected chi connectivity index (χ3v) is 1.95. The summed E-state index contributed by atoms with van der Waals surface area (Å²) in [6.45, 7) is 2.48. The van der Waals surface area contributed by atoms with Crippen molar-refractivity contribution < 1.29 is 4.79 Å². The molecule has 0 fully saturated rings. The van der Waals surface area contributed by atoms with Crippen LogP contribution in [0.15, 0.2) is 0 Å². The second-order valence-electron chi connectivity index (χ2n) is 3.34. The molecular weight excluding hydrogens is 180 g/mol. The molecule has 82 valence electrons. The van der Waals surface area contributed by atoms with Crippen molar-refractivity contribution in [2.45, 2.75) is 38.6 Å². The van der Waals surface area contributed by atoms with Gasteiger partial charge < -0.3 is 16.8 Å². The number of nitrogens with two attached hydrogens (primary N) is 2. The SMILES string of the molecule is CCC(=O)CC(N)CCCNC(=N)N. The van der Waals surface area contributed by atoms with Crippen molar-refractivity contribution in [2.24, 2.45) is 11.5 Å². The van der Waals surface area contributed by atoms with Gasteiger partial charge in [-0.1, -0.05) is 6.92 Å². The second kappa shape index (κ2) is 7.32. The average Bonchev–Trinajstić information content (AvgIpc) is 2.12. The molecule has 1 unspecified atom stereocenters. The Morgan fingerprint density at radius 3 is 2.71 bits per heavy atom. The van der Waals surface area contributed by atoms with Crippen LogP contribution in [0.5, 0.6) is 0 Å². The summed E-state index contributed by atoms with van der Waals surface area (Å²) in [6, 6.07) is -0.0591. The van der Waals surface area contributed by atoms with Crippen LogP contribution in [-0.2, 0) is 4.79 Å². The van der Waals surface area contributed by atoms with Gasteiger partial charge in [-0.15, -0.1) is 0 Å². The molecule has 6 N–H and O–H groups in total. The lowest BCUT2D eigenvalue weighted by Gasteiger charge is -2.10. The summed E-state index contributed by atoms with van der Waals surface area (Å²) in [5, 5.41) is 9.59. The van der Waals surface area contributed by atoms with E-state index in [1.807, 2.05) is 6.92 Å². The number of hydrogen-bond acceptors (Lipinski definition) is 3. The van der Waals surface area contributed by atoms with Gasteiger partial charge in [0.25, 0.3) is 0 Å². The molecule has 14 heavy (non-hydrogen) atoms. The van der Waals surface area contributed by atoms with E-state index in [0.717, 1.165) is 12.8 Å². The van der Waals surface area contributed by atoms with E-state index in [-0.39, 0.29) is 17.8 Å². The third-order valence-electron chi connectivity index (χ3n) is 1.95. The van der Waals surface area contributed by atoms with E-state index < -0.39 is 0 Å². The lowest BCUT2D eigenvalue weighted by molar-refractivity contribution is -0.119. The number of carbonyl (C=O) groups is 1. The average molecular weight is 200 g/mol. The van der Waals surface area contributed by atoms with Gasteiger partial charge in [-0.25, -0.2) is 0 Å². The summed E-state index contributed by atoms with van der Waals surface area (Å²) >= 11 is 0. The predicted octanol–water partition coefficient (Wildman–Crippen LogP) is -0.0538. The first kappa shape index (κ1) is 12.9. The van der Waals surface area contributed by atoms with Crippen LogP contribution in [-0.4, -0.2) is 24.3 Å². The van der Waals surface area contributed by atoms with Crippen LogP contribution in [0.25, 0.3) is 0 Å². The Bertz CT molecular complexity index is 193. The molecule has 0 bridgehead atoms.